The van der Waals surface area contributed by atoms with Crippen LogP contribution >= 0.6 is 0 Å². The average molecular weight is 519 g/mol. The first-order chi connectivity index (χ1) is 18.1. The molecule has 2 aromatic heterocycles. The molecule has 0 aliphatic heterocycles. The van der Waals surface area contributed by atoms with Gasteiger partial charge in [0.15, 0.2) is 0 Å². The number of benzene rings is 2. The minimum atomic E-state index is -0.570. The van der Waals surface area contributed by atoms with E-state index in [1.54, 1.807) is 18.2 Å². The van der Waals surface area contributed by atoms with Gasteiger partial charge in [-0.25, -0.2) is 13.9 Å². The van der Waals surface area contributed by atoms with Gasteiger partial charge in [-0.1, -0.05) is 39.8 Å². The number of carbonyl (C=O) groups is 2. The highest BCUT2D eigenvalue weighted by Crippen LogP contribution is 2.16. The molecule has 2 N–H and O–H groups in total. The lowest BCUT2D eigenvalue weighted by molar-refractivity contribution is -0.117. The number of rotatable bonds is 9. The molecule has 200 valence electrons. The fourth-order valence-corrected chi connectivity index (χ4v) is 4.30. The summed E-state index contributed by atoms with van der Waals surface area (Å²) >= 11 is 0. The molecule has 10 nitrogen and oxygen atoms in total. The third kappa shape index (κ3) is 5.39. The second-order valence-corrected chi connectivity index (χ2v) is 10.0. The van der Waals surface area contributed by atoms with Gasteiger partial charge < -0.3 is 10.6 Å². The van der Waals surface area contributed by atoms with Crippen molar-refractivity contribution in [3.63, 3.8) is 0 Å². The zero-order valence-corrected chi connectivity index (χ0v) is 22.4. The highest BCUT2D eigenvalue weighted by atomic mass is 16.2. The summed E-state index contributed by atoms with van der Waals surface area (Å²) in [7, 11) is 0. The van der Waals surface area contributed by atoms with Crippen molar-refractivity contribution in [2.75, 3.05) is 5.32 Å². The van der Waals surface area contributed by atoms with E-state index < -0.39 is 11.6 Å². The predicted octanol–water partition coefficient (Wildman–Crippen LogP) is 3.20. The largest absolute Gasteiger partial charge is 0.352 e. The van der Waals surface area contributed by atoms with E-state index in [1.807, 2.05) is 52.8 Å². The third-order valence-corrected chi connectivity index (χ3v) is 6.49. The van der Waals surface area contributed by atoms with Crippen LogP contribution in [0.25, 0.3) is 16.7 Å². The Morgan fingerprint density at radius 1 is 1.03 bits per heavy atom. The van der Waals surface area contributed by atoms with Gasteiger partial charge in [-0.15, -0.1) is 5.10 Å². The molecule has 0 aliphatic rings. The van der Waals surface area contributed by atoms with Gasteiger partial charge in [0.1, 0.15) is 6.54 Å². The molecular formula is C28H34N6O4. The van der Waals surface area contributed by atoms with Crippen molar-refractivity contribution < 1.29 is 9.59 Å². The number of carbonyl (C=O) groups excluding carboxylic acids is 2. The maximum atomic E-state index is 13.6. The number of nitrogens with one attached hydrogen (secondary N) is 2. The fraction of sp³-hybridized carbons (Fsp3) is 0.393. The highest BCUT2D eigenvalue weighted by Gasteiger charge is 2.21. The van der Waals surface area contributed by atoms with Crippen LogP contribution in [-0.4, -0.2) is 36.6 Å². The van der Waals surface area contributed by atoms with Crippen LogP contribution < -0.4 is 21.9 Å². The molecule has 4 aromatic rings. The summed E-state index contributed by atoms with van der Waals surface area (Å²) in [6, 6.07) is 12.1. The van der Waals surface area contributed by atoms with Gasteiger partial charge in [-0.3, -0.25) is 19.0 Å². The summed E-state index contributed by atoms with van der Waals surface area (Å²) in [4.78, 5) is 52.6. The minimum Gasteiger partial charge on any atom is -0.350 e. The van der Waals surface area contributed by atoms with E-state index >= 15 is 0 Å². The highest BCUT2D eigenvalue weighted by molar-refractivity contribution is 5.98. The molecule has 2 heterocycles. The molecule has 0 saturated carbocycles. The molecule has 0 radical (unpaired) electrons. The van der Waals surface area contributed by atoms with Crippen LogP contribution in [0.5, 0.6) is 0 Å². The monoisotopic (exact) mass is 518 g/mol. The zero-order chi connectivity index (χ0) is 27.6. The van der Waals surface area contributed by atoms with Crippen molar-refractivity contribution in [2.24, 2.45) is 5.92 Å². The van der Waals surface area contributed by atoms with Crippen molar-refractivity contribution in [3.8, 4) is 0 Å². The lowest BCUT2D eigenvalue weighted by Gasteiger charge is -2.14. The molecule has 0 spiro atoms. The van der Waals surface area contributed by atoms with Gasteiger partial charge in [0.2, 0.25) is 11.7 Å². The quantitative estimate of drug-likeness (QED) is 0.353. The Hall–Kier alpha value is -4.21. The number of amides is 2. The van der Waals surface area contributed by atoms with Gasteiger partial charge in [-0.05, 0) is 61.6 Å². The van der Waals surface area contributed by atoms with Gasteiger partial charge in [0.25, 0.3) is 11.5 Å². The van der Waals surface area contributed by atoms with Crippen LogP contribution in [0.1, 0.15) is 57.0 Å². The molecular weight excluding hydrogens is 484 g/mol. The van der Waals surface area contributed by atoms with E-state index in [1.165, 1.54) is 15.0 Å². The molecule has 1 unspecified atom stereocenters. The van der Waals surface area contributed by atoms with Gasteiger partial charge in [0, 0.05) is 23.8 Å². The van der Waals surface area contributed by atoms with Crippen LogP contribution in [0.2, 0.25) is 0 Å². The SMILES string of the molecule is CCc1cccc(NC(=O)Cn2nc3n(CC(C)C)c(=O)c4ccc(C(=O)NC(C)CC)cc4n3c2=O)c1. The second-order valence-electron chi connectivity index (χ2n) is 10.0. The zero-order valence-electron chi connectivity index (χ0n) is 22.4. The van der Waals surface area contributed by atoms with E-state index in [4.69, 9.17) is 0 Å². The van der Waals surface area contributed by atoms with Crippen LogP contribution in [0, 0.1) is 5.92 Å². The lowest BCUT2D eigenvalue weighted by atomic mass is 10.1. The molecule has 1 atom stereocenters. The third-order valence-electron chi connectivity index (χ3n) is 6.49. The lowest BCUT2D eigenvalue weighted by Crippen LogP contribution is -2.32. The van der Waals surface area contributed by atoms with Crippen molar-refractivity contribution in [3.05, 3.63) is 74.4 Å². The first kappa shape index (κ1) is 26.8. The predicted molar refractivity (Wildman–Crippen MR) is 148 cm³/mol. The van der Waals surface area contributed by atoms with Crippen LogP contribution in [0.3, 0.4) is 0 Å². The number of nitrogens with zero attached hydrogens (tertiary/aromatic N) is 4. The molecule has 0 bridgehead atoms. The van der Waals surface area contributed by atoms with Crippen LogP contribution in [0.15, 0.2) is 52.1 Å². The van der Waals surface area contributed by atoms with Gasteiger partial charge >= 0.3 is 5.69 Å². The standard InChI is InChI=1S/C28H34N6O4/c1-6-18(5)29-25(36)20-11-12-22-23(14-20)34-27(32(26(22)37)15-17(3)4)31-33(28(34)38)16-24(35)30-21-10-8-9-19(7-2)13-21/h8-14,17-18H,6-7,15-16H2,1-5H3,(H,29,36)(H,30,35). The van der Waals surface area contributed by atoms with Crippen molar-refractivity contribution >= 4 is 34.2 Å². The molecule has 2 amide bonds. The Balaban J connectivity index is 1.82. The Kier molecular flexibility index (Phi) is 7.80. The smallest absolute Gasteiger partial charge is 0.350 e. The molecule has 0 fully saturated rings. The molecule has 10 heteroatoms. The second kappa shape index (κ2) is 11.0. The average Bonchev–Trinajstić information content (AvgIpc) is 3.21. The summed E-state index contributed by atoms with van der Waals surface area (Å²) < 4.78 is 3.81. The van der Waals surface area contributed by atoms with E-state index in [0.717, 1.165) is 23.1 Å². The topological polar surface area (TPSA) is 120 Å². The fourth-order valence-electron chi connectivity index (χ4n) is 4.30. The minimum absolute atomic E-state index is 0.0285. The van der Waals surface area contributed by atoms with E-state index in [0.29, 0.717) is 23.2 Å². The van der Waals surface area contributed by atoms with Gasteiger partial charge in [0.05, 0.1) is 10.9 Å². The Bertz CT molecular complexity index is 1630. The van der Waals surface area contributed by atoms with E-state index in [9.17, 15) is 19.2 Å². The summed E-state index contributed by atoms with van der Waals surface area (Å²) in [6.07, 6.45) is 1.59. The molecule has 0 aliphatic carbocycles. The normalized spacial score (nSPS) is 12.3. The van der Waals surface area contributed by atoms with Crippen molar-refractivity contribution in [1.29, 1.82) is 0 Å². The summed E-state index contributed by atoms with van der Waals surface area (Å²) in [5, 5.41) is 10.4. The summed E-state index contributed by atoms with van der Waals surface area (Å²) in [6.45, 7) is 9.82. The Morgan fingerprint density at radius 2 is 1.79 bits per heavy atom. The number of aryl methyl sites for hydroxylation is 1. The Morgan fingerprint density at radius 3 is 2.47 bits per heavy atom. The first-order valence-corrected chi connectivity index (χ1v) is 13.0. The number of hydrogen-bond acceptors (Lipinski definition) is 5. The number of aromatic nitrogens is 4. The van der Waals surface area contributed by atoms with Gasteiger partial charge in [-0.2, -0.15) is 0 Å². The maximum Gasteiger partial charge on any atom is 0.352 e. The van der Waals surface area contributed by atoms with E-state index in [-0.39, 0.29) is 41.3 Å². The Labute approximate surface area is 220 Å². The maximum absolute atomic E-state index is 13.6. The molecule has 4 rings (SSSR count). The molecule has 0 saturated heterocycles. The van der Waals surface area contributed by atoms with Crippen molar-refractivity contribution in [2.45, 2.75) is 66.6 Å². The van der Waals surface area contributed by atoms with E-state index in [2.05, 4.69) is 15.7 Å². The number of hydrogen-bond donors (Lipinski definition) is 2. The summed E-state index contributed by atoms with van der Waals surface area (Å²) in [5.74, 6) is -0.486. The van der Waals surface area contributed by atoms with Crippen molar-refractivity contribution in [1.82, 2.24) is 24.1 Å². The first-order valence-electron chi connectivity index (χ1n) is 13.0. The van der Waals surface area contributed by atoms with Crippen LogP contribution in [0.4, 0.5) is 5.69 Å². The number of anilines is 1. The summed E-state index contributed by atoms with van der Waals surface area (Å²) in [5.41, 5.74) is 1.42. The van der Waals surface area contributed by atoms with Crippen LogP contribution in [-0.2, 0) is 24.3 Å². The molecule has 2 aromatic carbocycles. The molecule has 38 heavy (non-hydrogen) atoms. The number of fused-ring (bicyclic) bond motifs is 3.